The van der Waals surface area contributed by atoms with Gasteiger partial charge in [0.25, 0.3) is 0 Å². The second kappa shape index (κ2) is 7.57. The van der Waals surface area contributed by atoms with Crippen LogP contribution in [-0.4, -0.2) is 11.5 Å². The zero-order valence-electron chi connectivity index (χ0n) is 12.7. The predicted molar refractivity (Wildman–Crippen MR) is 89.9 cm³/mol. The first-order valence-corrected chi connectivity index (χ1v) is 7.99. The number of hydrogen-bond donors (Lipinski definition) is 1. The van der Waals surface area contributed by atoms with E-state index in [1.807, 2.05) is 37.4 Å². The van der Waals surface area contributed by atoms with Crippen LogP contribution in [0.3, 0.4) is 0 Å². The summed E-state index contributed by atoms with van der Waals surface area (Å²) < 4.78 is 7.14. The lowest BCUT2D eigenvalue weighted by Crippen LogP contribution is -2.14. The maximum absolute atomic E-state index is 6.06. The minimum Gasteiger partial charge on any atom is -0.457 e. The summed E-state index contributed by atoms with van der Waals surface area (Å²) in [7, 11) is 0. The molecule has 0 unspecified atom stereocenters. The van der Waals surface area contributed by atoms with Gasteiger partial charge < -0.3 is 10.1 Å². The quantitative estimate of drug-likeness (QED) is 0.764. The number of aryl methyl sites for hydroxylation is 2. The standard InChI is InChI=1S/C17H21BrN2O/c1-4-7-19-10-14-11-20-13(3)9-17(14)21-15-5-6-16(18)12(2)8-15/h5-6,8-9,11,19H,4,7,10H2,1-3H3. The Balaban J connectivity index is 2.20. The van der Waals surface area contributed by atoms with Gasteiger partial charge in [-0.2, -0.15) is 0 Å². The molecule has 2 rings (SSSR count). The van der Waals surface area contributed by atoms with E-state index in [1.54, 1.807) is 0 Å². The molecule has 21 heavy (non-hydrogen) atoms. The topological polar surface area (TPSA) is 34.2 Å². The Bertz CT molecular complexity index is 614. The van der Waals surface area contributed by atoms with Crippen LogP contribution in [0.1, 0.15) is 30.2 Å². The van der Waals surface area contributed by atoms with Crippen LogP contribution in [0, 0.1) is 13.8 Å². The number of rotatable bonds is 6. The molecule has 0 fully saturated rings. The molecule has 0 aliphatic rings. The first-order chi connectivity index (χ1) is 10.1. The molecule has 1 N–H and O–H groups in total. The Hall–Kier alpha value is -1.39. The summed E-state index contributed by atoms with van der Waals surface area (Å²) in [6.45, 7) is 7.94. The van der Waals surface area contributed by atoms with E-state index >= 15 is 0 Å². The summed E-state index contributed by atoms with van der Waals surface area (Å²) >= 11 is 3.51. The van der Waals surface area contributed by atoms with Gasteiger partial charge in [0.1, 0.15) is 11.5 Å². The van der Waals surface area contributed by atoms with Crippen LogP contribution in [0.2, 0.25) is 0 Å². The largest absolute Gasteiger partial charge is 0.457 e. The van der Waals surface area contributed by atoms with Gasteiger partial charge in [0.05, 0.1) is 0 Å². The summed E-state index contributed by atoms with van der Waals surface area (Å²) in [6, 6.07) is 7.99. The molecule has 0 radical (unpaired) electrons. The molecule has 0 spiro atoms. The van der Waals surface area contributed by atoms with Gasteiger partial charge in [0.2, 0.25) is 0 Å². The zero-order valence-corrected chi connectivity index (χ0v) is 14.3. The van der Waals surface area contributed by atoms with Crippen molar-refractivity contribution in [3.63, 3.8) is 0 Å². The van der Waals surface area contributed by atoms with Crippen molar-refractivity contribution in [2.24, 2.45) is 0 Å². The number of nitrogens with one attached hydrogen (secondary N) is 1. The molecule has 0 saturated carbocycles. The number of halogens is 1. The average Bonchev–Trinajstić information content (AvgIpc) is 2.45. The lowest BCUT2D eigenvalue weighted by atomic mass is 10.2. The number of nitrogens with zero attached hydrogens (tertiary/aromatic N) is 1. The third kappa shape index (κ3) is 4.55. The molecule has 4 heteroatoms. The van der Waals surface area contributed by atoms with Crippen molar-refractivity contribution < 1.29 is 4.74 Å². The van der Waals surface area contributed by atoms with E-state index in [2.05, 4.69) is 40.1 Å². The molecule has 0 saturated heterocycles. The van der Waals surface area contributed by atoms with E-state index < -0.39 is 0 Å². The highest BCUT2D eigenvalue weighted by molar-refractivity contribution is 9.10. The zero-order chi connectivity index (χ0) is 15.2. The van der Waals surface area contributed by atoms with Crippen LogP contribution >= 0.6 is 15.9 Å². The van der Waals surface area contributed by atoms with E-state index in [1.165, 1.54) is 0 Å². The van der Waals surface area contributed by atoms with Crippen LogP contribution in [0.25, 0.3) is 0 Å². The van der Waals surface area contributed by atoms with Gasteiger partial charge >= 0.3 is 0 Å². The number of benzene rings is 1. The lowest BCUT2D eigenvalue weighted by Gasteiger charge is -2.13. The Labute approximate surface area is 134 Å². The third-order valence-electron chi connectivity index (χ3n) is 3.18. The van der Waals surface area contributed by atoms with Gasteiger partial charge in [0.15, 0.2) is 0 Å². The monoisotopic (exact) mass is 348 g/mol. The molecular weight excluding hydrogens is 328 g/mol. The van der Waals surface area contributed by atoms with Gasteiger partial charge in [-0.15, -0.1) is 0 Å². The van der Waals surface area contributed by atoms with Gasteiger partial charge in [0, 0.05) is 34.5 Å². The Morgan fingerprint density at radius 2 is 2.05 bits per heavy atom. The SMILES string of the molecule is CCCNCc1cnc(C)cc1Oc1ccc(Br)c(C)c1. The Kier molecular flexibility index (Phi) is 5.76. The van der Waals surface area contributed by atoms with Crippen LogP contribution < -0.4 is 10.1 Å². The molecule has 0 bridgehead atoms. The molecule has 1 heterocycles. The summed E-state index contributed by atoms with van der Waals surface area (Å²) in [6.07, 6.45) is 3.00. The molecule has 0 amide bonds. The van der Waals surface area contributed by atoms with Crippen LogP contribution in [-0.2, 0) is 6.54 Å². The highest BCUT2D eigenvalue weighted by Gasteiger charge is 2.07. The smallest absolute Gasteiger partial charge is 0.135 e. The second-order valence-corrected chi connectivity index (χ2v) is 5.98. The van der Waals surface area contributed by atoms with Crippen LogP contribution in [0.15, 0.2) is 34.9 Å². The summed E-state index contributed by atoms with van der Waals surface area (Å²) in [5.41, 5.74) is 3.19. The van der Waals surface area contributed by atoms with E-state index in [9.17, 15) is 0 Å². The Morgan fingerprint density at radius 1 is 1.24 bits per heavy atom. The molecule has 112 valence electrons. The molecule has 3 nitrogen and oxygen atoms in total. The van der Waals surface area contributed by atoms with Crippen LogP contribution in [0.5, 0.6) is 11.5 Å². The third-order valence-corrected chi connectivity index (χ3v) is 4.07. The van der Waals surface area contributed by atoms with E-state index in [0.29, 0.717) is 0 Å². The fourth-order valence-electron chi connectivity index (χ4n) is 2.00. The molecule has 1 aromatic heterocycles. The van der Waals surface area contributed by atoms with Gasteiger partial charge in [-0.05, 0) is 50.6 Å². The molecule has 0 aliphatic heterocycles. The van der Waals surface area contributed by atoms with Crippen LogP contribution in [0.4, 0.5) is 0 Å². The molecule has 1 aromatic carbocycles. The number of aromatic nitrogens is 1. The summed E-state index contributed by atoms with van der Waals surface area (Å²) in [4.78, 5) is 4.36. The van der Waals surface area contributed by atoms with Gasteiger partial charge in [-0.1, -0.05) is 22.9 Å². The van der Waals surface area contributed by atoms with Crippen molar-refractivity contribution in [3.05, 3.63) is 51.8 Å². The van der Waals surface area contributed by atoms with Crippen molar-refractivity contribution in [3.8, 4) is 11.5 Å². The highest BCUT2D eigenvalue weighted by Crippen LogP contribution is 2.28. The van der Waals surface area contributed by atoms with Crippen molar-refractivity contribution in [1.82, 2.24) is 10.3 Å². The number of hydrogen-bond acceptors (Lipinski definition) is 3. The maximum atomic E-state index is 6.06. The fourth-order valence-corrected chi connectivity index (χ4v) is 2.24. The minimum atomic E-state index is 0.770. The normalized spacial score (nSPS) is 10.7. The summed E-state index contributed by atoms with van der Waals surface area (Å²) in [5.74, 6) is 1.71. The first-order valence-electron chi connectivity index (χ1n) is 7.20. The second-order valence-electron chi connectivity index (χ2n) is 5.12. The molecule has 2 aromatic rings. The lowest BCUT2D eigenvalue weighted by molar-refractivity contribution is 0.470. The predicted octanol–water partition coefficient (Wildman–Crippen LogP) is 4.75. The van der Waals surface area contributed by atoms with E-state index in [0.717, 1.165) is 52.3 Å². The van der Waals surface area contributed by atoms with Crippen molar-refractivity contribution in [2.45, 2.75) is 33.7 Å². The van der Waals surface area contributed by atoms with Crippen molar-refractivity contribution in [1.29, 1.82) is 0 Å². The van der Waals surface area contributed by atoms with Crippen molar-refractivity contribution >= 4 is 15.9 Å². The number of ether oxygens (including phenoxy) is 1. The fraction of sp³-hybridized carbons (Fsp3) is 0.353. The summed E-state index contributed by atoms with van der Waals surface area (Å²) in [5, 5.41) is 3.39. The number of pyridine rings is 1. The van der Waals surface area contributed by atoms with Gasteiger partial charge in [-0.3, -0.25) is 4.98 Å². The maximum Gasteiger partial charge on any atom is 0.135 e. The van der Waals surface area contributed by atoms with Crippen molar-refractivity contribution in [2.75, 3.05) is 6.54 Å². The van der Waals surface area contributed by atoms with Gasteiger partial charge in [-0.25, -0.2) is 0 Å². The molecule has 0 atom stereocenters. The van der Waals surface area contributed by atoms with E-state index in [4.69, 9.17) is 4.74 Å². The Morgan fingerprint density at radius 3 is 2.76 bits per heavy atom. The first kappa shape index (κ1) is 16.0. The molecule has 0 aliphatic carbocycles. The average molecular weight is 349 g/mol. The van der Waals surface area contributed by atoms with E-state index in [-0.39, 0.29) is 0 Å². The minimum absolute atomic E-state index is 0.770. The highest BCUT2D eigenvalue weighted by atomic mass is 79.9. The molecular formula is C17H21BrN2O.